The van der Waals surface area contributed by atoms with Gasteiger partial charge in [-0.1, -0.05) is 241 Å². The van der Waals surface area contributed by atoms with Crippen LogP contribution in [-0.2, 0) is 40.2 Å². The first-order chi connectivity index (χ1) is 45.0. The molecule has 0 saturated heterocycles. The Balaban J connectivity index is 0.000000260. The van der Waals surface area contributed by atoms with E-state index in [-0.39, 0.29) is 58.0 Å². The van der Waals surface area contributed by atoms with E-state index >= 15 is 0 Å². The molecule has 4 heterocycles. The van der Waals surface area contributed by atoms with Gasteiger partial charge in [-0.15, -0.1) is 132 Å². The number of terminal acetylenes is 1. The summed E-state index contributed by atoms with van der Waals surface area (Å²) in [5.74, 6) is 3.11. The third-order valence-corrected chi connectivity index (χ3v) is 19.9. The van der Waals surface area contributed by atoms with Gasteiger partial charge in [0.05, 0.1) is 0 Å². The number of rotatable bonds is 12. The zero-order chi connectivity index (χ0) is 63.5. The summed E-state index contributed by atoms with van der Waals surface area (Å²) in [6.45, 7) is 4.80. The molecule has 4 nitrogen and oxygen atoms in total. The smallest absolute Gasteiger partial charge is 0.304 e. The molecule has 2 aliphatic rings. The van der Waals surface area contributed by atoms with Crippen LogP contribution in [0.5, 0.6) is 0 Å². The summed E-state index contributed by atoms with van der Waals surface area (Å²) in [5.41, 5.74) is 22.7. The minimum atomic E-state index is 0. The van der Waals surface area contributed by atoms with Crippen LogP contribution in [0.4, 0.5) is 0 Å². The van der Waals surface area contributed by atoms with E-state index in [1.165, 1.54) is 69.3 Å². The molecule has 2 fully saturated rings. The minimum Gasteiger partial charge on any atom is -0.304 e. The van der Waals surface area contributed by atoms with Crippen molar-refractivity contribution in [3.05, 3.63) is 308 Å². The van der Waals surface area contributed by atoms with Gasteiger partial charge in [0.2, 0.25) is 0 Å². The van der Waals surface area contributed by atoms with Crippen LogP contribution in [0.1, 0.15) is 98.3 Å². The zero-order valence-corrected chi connectivity index (χ0v) is 63.1. The summed E-state index contributed by atoms with van der Waals surface area (Å²) in [7, 11) is 0. The van der Waals surface area contributed by atoms with Gasteiger partial charge < -0.3 is 19.9 Å². The maximum Gasteiger partial charge on any atom is 3.00 e. The Morgan fingerprint density at radius 1 is 0.319 bits per heavy atom. The molecular weight excluding hydrogens is 1770 g/mol. The molecule has 94 heavy (non-hydrogen) atoms. The van der Waals surface area contributed by atoms with Crippen molar-refractivity contribution < 1.29 is 40.2 Å². The number of hydrogen-bond acceptors (Lipinski definition) is 4. The average Bonchev–Trinajstić information content (AvgIpc) is 0.800. The topological polar surface area (TPSA) is 51.6 Å². The second-order valence-corrected chi connectivity index (χ2v) is 27.8. The SMILES string of the molecule is Brc1cc[c-]c(-c2ccc(-c3ccccc3C3CC(c4ccccc4-c4ccc(-c5[c-]ccc(Br)c5)nc4)CC(c4ccccc4-c4ccc(-c5[c-]ccc(Br)c5)nc4)C3)cn2)c1.C#C.C[C@@H]1CC(c2ccccc2-c2ccc(-c3[c-]ccc(Br)c3)nc2)C[C@H](C)C1.[Ir+3].[Ir]. The molecular formula is C84H66Br4Ir2N4-. The molecule has 2 saturated carbocycles. The molecule has 0 N–H and O–H groups in total. The van der Waals surface area contributed by atoms with E-state index in [4.69, 9.17) is 19.9 Å². The Morgan fingerprint density at radius 3 is 0.777 bits per heavy atom. The third-order valence-electron chi connectivity index (χ3n) is 17.9. The maximum atomic E-state index is 4.96. The van der Waals surface area contributed by atoms with Gasteiger partial charge in [-0.05, 0) is 164 Å². The predicted octanol–water partition coefficient (Wildman–Crippen LogP) is 24.2. The monoisotopic (exact) mass is 1830 g/mol. The first-order valence-corrected chi connectivity index (χ1v) is 34.5. The fourth-order valence-electron chi connectivity index (χ4n) is 13.9. The van der Waals surface area contributed by atoms with Crippen LogP contribution in [0.25, 0.3) is 89.5 Å². The number of hydrogen-bond donors (Lipinski definition) is 0. The molecule has 3 atom stereocenters. The van der Waals surface area contributed by atoms with Crippen LogP contribution in [0, 0.1) is 48.9 Å². The number of halogens is 4. The molecule has 10 heteroatoms. The van der Waals surface area contributed by atoms with Crippen molar-refractivity contribution in [2.45, 2.75) is 76.0 Å². The summed E-state index contributed by atoms with van der Waals surface area (Å²) in [6, 6.07) is 90.3. The van der Waals surface area contributed by atoms with Gasteiger partial charge in [-0.2, -0.15) is 0 Å². The van der Waals surface area contributed by atoms with Crippen molar-refractivity contribution in [1.82, 2.24) is 19.9 Å². The first-order valence-electron chi connectivity index (χ1n) is 31.3. The van der Waals surface area contributed by atoms with E-state index in [0.29, 0.717) is 5.92 Å². The van der Waals surface area contributed by atoms with E-state index in [2.05, 4.69) is 285 Å². The number of pyridine rings is 4. The Morgan fingerprint density at radius 2 is 0.553 bits per heavy atom. The summed E-state index contributed by atoms with van der Waals surface area (Å²) >= 11 is 14.4. The molecule has 1 radical (unpaired) electrons. The van der Waals surface area contributed by atoms with E-state index in [9.17, 15) is 0 Å². The summed E-state index contributed by atoms with van der Waals surface area (Å²) < 4.78 is 4.08. The second kappa shape index (κ2) is 33.2. The predicted molar refractivity (Wildman–Crippen MR) is 393 cm³/mol. The normalized spacial score (nSPS) is 17.3. The van der Waals surface area contributed by atoms with Crippen molar-refractivity contribution in [3.63, 3.8) is 0 Å². The van der Waals surface area contributed by atoms with Crippen molar-refractivity contribution in [2.24, 2.45) is 11.8 Å². The molecule has 0 bridgehead atoms. The molecule has 1 unspecified atom stereocenters. The van der Waals surface area contributed by atoms with Crippen molar-refractivity contribution >= 4 is 63.7 Å². The van der Waals surface area contributed by atoms with Crippen LogP contribution < -0.4 is 0 Å². The van der Waals surface area contributed by atoms with Gasteiger partial charge in [-0.25, -0.2) is 0 Å². The fourth-order valence-corrected chi connectivity index (χ4v) is 15.4. The van der Waals surface area contributed by atoms with E-state index < -0.39 is 0 Å². The van der Waals surface area contributed by atoms with Gasteiger partial charge in [0, 0.05) is 44.9 Å². The number of aromatic nitrogens is 4. The van der Waals surface area contributed by atoms with Crippen LogP contribution in [-0.4, -0.2) is 19.9 Å². The zero-order valence-electron chi connectivity index (χ0n) is 51.9. The Kier molecular flexibility index (Phi) is 24.7. The van der Waals surface area contributed by atoms with Gasteiger partial charge in [0.15, 0.2) is 0 Å². The van der Waals surface area contributed by atoms with E-state index in [1.54, 1.807) is 0 Å². The minimum absolute atomic E-state index is 0. The molecule has 2 aliphatic carbocycles. The van der Waals surface area contributed by atoms with Crippen LogP contribution >= 0.6 is 63.7 Å². The van der Waals surface area contributed by atoms with Gasteiger partial charge in [-0.3, -0.25) is 0 Å². The van der Waals surface area contributed by atoms with Crippen molar-refractivity contribution in [3.8, 4) is 102 Å². The van der Waals surface area contributed by atoms with Crippen LogP contribution in [0.3, 0.4) is 0 Å². The standard InChI is InChI=1S/C57H39Br3N3.C25H25BrN.C2H2.2Ir/c58-46-13-7-10-37(31-46)55-25-22-40(34-61-55)49-16-1-4-19-52(49)43-28-44(53-20-5-2-17-50(53)41-23-26-56(62-35-41)38-11-8-14-47(59)32-38)30-45(29-43)54-21-6-3-18-51(54)42-24-27-57(63-36-42)39-12-9-15-48(60)33-39;1-17-12-18(2)14-21(13-17)24-9-4-3-8-23(24)20-10-11-25(27-16-20)19-6-5-7-22(26)15-19;1-2;;/h1-9,13-27,31-36,43-45H,28-30H2;3-5,7-11,15-18,21H,12-14H2,1-2H3;1-2H;;/q-3;-1;;;+3/t;17-,18+,21?;;;. The largest absolute Gasteiger partial charge is 3.00 e. The molecule has 0 spiro atoms. The maximum absolute atomic E-state index is 4.96. The Hall–Kier alpha value is -6.86. The fraction of sp³-hybridized carbons (Fsp3) is 0.167. The second-order valence-electron chi connectivity index (χ2n) is 24.2. The summed E-state index contributed by atoms with van der Waals surface area (Å²) in [4.78, 5) is 19.6. The summed E-state index contributed by atoms with van der Waals surface area (Å²) in [5, 5.41) is 0. The Labute approximate surface area is 615 Å². The number of nitrogens with zero attached hydrogens (tertiary/aromatic N) is 4. The molecule has 0 aliphatic heterocycles. The third kappa shape index (κ3) is 16.8. The van der Waals surface area contributed by atoms with Gasteiger partial charge >= 0.3 is 20.1 Å². The quantitative estimate of drug-likeness (QED) is 0.0903. The van der Waals surface area contributed by atoms with E-state index in [1.807, 2.05) is 73.3 Å². The van der Waals surface area contributed by atoms with E-state index in [0.717, 1.165) is 111 Å². The van der Waals surface area contributed by atoms with Crippen LogP contribution in [0.2, 0.25) is 0 Å². The molecule has 14 rings (SSSR count). The van der Waals surface area contributed by atoms with Crippen molar-refractivity contribution in [1.29, 1.82) is 0 Å². The van der Waals surface area contributed by atoms with Gasteiger partial charge in [0.25, 0.3) is 0 Å². The van der Waals surface area contributed by atoms with Crippen LogP contribution in [0.15, 0.2) is 261 Å². The Bertz CT molecular complexity index is 4150. The summed E-state index contributed by atoms with van der Waals surface area (Å²) in [6.07, 6.45) is 23.1. The van der Waals surface area contributed by atoms with Gasteiger partial charge in [0.1, 0.15) is 0 Å². The molecule has 12 aromatic rings. The molecule has 8 aromatic carbocycles. The molecule has 469 valence electrons. The molecule has 0 amide bonds. The van der Waals surface area contributed by atoms with Crippen molar-refractivity contribution in [2.75, 3.05) is 0 Å². The number of benzene rings is 8. The first kappa shape index (κ1) is 70.0. The molecule has 4 aromatic heterocycles. The average molecular weight is 1840 g/mol.